The smallest absolute Gasteiger partial charge is 0.363 e. The normalized spacial score (nSPS) is 14.2. The molecule has 0 spiro atoms. The van der Waals surface area contributed by atoms with Gasteiger partial charge in [0.1, 0.15) is 12.4 Å². The van der Waals surface area contributed by atoms with Crippen LogP contribution in [0.1, 0.15) is 16.7 Å². The fourth-order valence-electron chi connectivity index (χ4n) is 2.99. The number of carbonyl (C=O) groups is 1. The van der Waals surface area contributed by atoms with Gasteiger partial charge in [-0.05, 0) is 105 Å². The minimum atomic E-state index is -0.565. The van der Waals surface area contributed by atoms with E-state index in [1.807, 2.05) is 12.1 Å². The Morgan fingerprint density at radius 3 is 2.32 bits per heavy atom. The Morgan fingerprint density at radius 2 is 1.71 bits per heavy atom. The van der Waals surface area contributed by atoms with Crippen molar-refractivity contribution in [3.05, 3.63) is 104 Å². The lowest BCUT2D eigenvalue weighted by molar-refractivity contribution is -0.384. The number of nitro groups is 1. The maximum Gasteiger partial charge on any atom is 0.363 e. The first kappa shape index (κ1) is 24.9. The molecule has 0 N–H and O–H groups in total. The number of carbonyl (C=O) groups excluding carboxylic acids is 1. The number of hydrogen-bond donors (Lipinski definition) is 0. The van der Waals surface area contributed by atoms with Crippen molar-refractivity contribution in [3.63, 3.8) is 0 Å². The molecule has 0 aliphatic carbocycles. The zero-order valence-corrected chi connectivity index (χ0v) is 22.8. The van der Waals surface area contributed by atoms with Crippen molar-refractivity contribution in [2.24, 2.45) is 4.99 Å². The van der Waals surface area contributed by atoms with E-state index in [2.05, 4.69) is 50.2 Å². The molecule has 1 heterocycles. The van der Waals surface area contributed by atoms with Crippen molar-refractivity contribution < 1.29 is 19.2 Å². The predicted molar refractivity (Wildman–Crippen MR) is 146 cm³/mol. The third kappa shape index (κ3) is 5.70. The van der Waals surface area contributed by atoms with Gasteiger partial charge >= 0.3 is 5.97 Å². The van der Waals surface area contributed by atoms with E-state index in [0.717, 1.165) is 18.3 Å². The van der Waals surface area contributed by atoms with Crippen molar-refractivity contribution in [2.45, 2.75) is 6.61 Å². The van der Waals surface area contributed by atoms with Gasteiger partial charge < -0.3 is 9.47 Å². The molecule has 0 saturated heterocycles. The first-order chi connectivity index (χ1) is 16.2. The van der Waals surface area contributed by atoms with Crippen LogP contribution in [0.4, 0.5) is 5.69 Å². The molecule has 0 unspecified atom stereocenters. The number of cyclic esters (lactones) is 1. The number of aliphatic imine (C=N–C) groups is 1. The molecule has 34 heavy (non-hydrogen) atoms. The summed E-state index contributed by atoms with van der Waals surface area (Å²) in [5.41, 5.74) is 2.29. The second-order valence-corrected chi connectivity index (χ2v) is 10.1. The number of non-ortho nitro benzene ring substituents is 1. The standard InChI is InChI=1S/C23H12Cl2I2N2O5/c24-16-6-3-14(10-17(16)25)22-28-20(23(30)34-22)9-13-7-18(26)21(19(27)8-13)33-11-12-1-4-15(5-2-12)29(31)32/h1-10H,11H2/b20-9-. The fourth-order valence-corrected chi connectivity index (χ4v) is 5.42. The number of esters is 1. The lowest BCUT2D eigenvalue weighted by Gasteiger charge is -2.11. The van der Waals surface area contributed by atoms with Crippen LogP contribution in [0, 0.1) is 17.3 Å². The van der Waals surface area contributed by atoms with Crippen LogP contribution < -0.4 is 4.74 Å². The Labute approximate surface area is 231 Å². The zero-order chi connectivity index (χ0) is 24.4. The molecule has 3 aromatic rings. The molecule has 0 aromatic heterocycles. The average Bonchev–Trinajstić information content (AvgIpc) is 3.15. The number of halogens is 4. The van der Waals surface area contributed by atoms with Gasteiger partial charge in [0.25, 0.3) is 5.69 Å². The summed E-state index contributed by atoms with van der Waals surface area (Å²) in [6, 6.07) is 14.8. The van der Waals surface area contributed by atoms with Crippen molar-refractivity contribution in [1.82, 2.24) is 0 Å². The van der Waals surface area contributed by atoms with Crippen LogP contribution >= 0.6 is 68.4 Å². The van der Waals surface area contributed by atoms with Crippen LogP contribution in [0.15, 0.2) is 65.3 Å². The topological polar surface area (TPSA) is 91.0 Å². The molecule has 0 radical (unpaired) electrons. The number of hydrogen-bond acceptors (Lipinski definition) is 6. The van der Waals surface area contributed by atoms with E-state index in [4.69, 9.17) is 32.7 Å². The van der Waals surface area contributed by atoms with Crippen LogP contribution in [-0.2, 0) is 16.1 Å². The van der Waals surface area contributed by atoms with E-state index in [1.54, 1.807) is 36.4 Å². The van der Waals surface area contributed by atoms with Crippen molar-refractivity contribution >= 4 is 92.0 Å². The van der Waals surface area contributed by atoms with Gasteiger partial charge in [0, 0.05) is 17.7 Å². The van der Waals surface area contributed by atoms with Gasteiger partial charge in [-0.3, -0.25) is 10.1 Å². The van der Waals surface area contributed by atoms with Crippen molar-refractivity contribution in [2.75, 3.05) is 0 Å². The number of benzene rings is 3. The summed E-state index contributed by atoms with van der Waals surface area (Å²) < 4.78 is 12.9. The number of ether oxygens (including phenoxy) is 2. The van der Waals surface area contributed by atoms with Gasteiger partial charge in [-0.2, -0.15) is 0 Å². The lowest BCUT2D eigenvalue weighted by atomic mass is 10.2. The molecule has 0 saturated carbocycles. The molecule has 11 heteroatoms. The summed E-state index contributed by atoms with van der Waals surface area (Å²) in [7, 11) is 0. The molecule has 0 bridgehead atoms. The third-order valence-corrected chi connectivity index (χ3v) is 6.98. The van der Waals surface area contributed by atoms with Gasteiger partial charge in [0.2, 0.25) is 5.90 Å². The summed E-state index contributed by atoms with van der Waals surface area (Å²) in [6.45, 7) is 0.258. The van der Waals surface area contributed by atoms with Gasteiger partial charge in [0.15, 0.2) is 5.70 Å². The summed E-state index contributed by atoms with van der Waals surface area (Å²) in [5, 5.41) is 11.5. The monoisotopic (exact) mass is 720 g/mol. The predicted octanol–water partition coefficient (Wildman–Crippen LogP) is 7.03. The summed E-state index contributed by atoms with van der Waals surface area (Å²) in [4.78, 5) is 27.0. The highest BCUT2D eigenvalue weighted by atomic mass is 127. The molecular weight excluding hydrogens is 709 g/mol. The zero-order valence-electron chi connectivity index (χ0n) is 16.9. The Bertz CT molecular complexity index is 1350. The highest BCUT2D eigenvalue weighted by Gasteiger charge is 2.25. The van der Waals surface area contributed by atoms with E-state index in [1.165, 1.54) is 12.1 Å². The van der Waals surface area contributed by atoms with E-state index in [-0.39, 0.29) is 23.9 Å². The quantitative estimate of drug-likeness (QED) is 0.0897. The second kappa shape index (κ2) is 10.6. The van der Waals surface area contributed by atoms with Crippen LogP contribution in [0.3, 0.4) is 0 Å². The van der Waals surface area contributed by atoms with E-state index in [9.17, 15) is 14.9 Å². The number of rotatable bonds is 6. The Morgan fingerprint density at radius 1 is 1.03 bits per heavy atom. The third-order valence-electron chi connectivity index (χ3n) is 4.64. The lowest BCUT2D eigenvalue weighted by Crippen LogP contribution is -2.05. The molecule has 3 aromatic carbocycles. The Kier molecular flexibility index (Phi) is 7.75. The number of nitro benzene ring substituents is 1. The molecule has 1 aliphatic heterocycles. The average molecular weight is 721 g/mol. The van der Waals surface area contributed by atoms with Gasteiger partial charge in [-0.25, -0.2) is 9.79 Å². The highest BCUT2D eigenvalue weighted by molar-refractivity contribution is 14.1. The minimum absolute atomic E-state index is 0.0284. The van der Waals surface area contributed by atoms with E-state index in [0.29, 0.717) is 21.4 Å². The van der Waals surface area contributed by atoms with Crippen LogP contribution in [0.2, 0.25) is 10.0 Å². The van der Waals surface area contributed by atoms with Gasteiger partial charge in [-0.15, -0.1) is 0 Å². The largest absolute Gasteiger partial charge is 0.487 e. The van der Waals surface area contributed by atoms with E-state index < -0.39 is 10.9 Å². The van der Waals surface area contributed by atoms with E-state index >= 15 is 0 Å². The molecule has 172 valence electrons. The molecule has 1 aliphatic rings. The Hall–Kier alpha value is -2.22. The molecule has 7 nitrogen and oxygen atoms in total. The molecule has 0 atom stereocenters. The maximum absolute atomic E-state index is 12.3. The van der Waals surface area contributed by atoms with Crippen molar-refractivity contribution in [3.8, 4) is 5.75 Å². The van der Waals surface area contributed by atoms with Crippen LogP contribution in [-0.4, -0.2) is 16.8 Å². The first-order valence-corrected chi connectivity index (χ1v) is 12.5. The van der Waals surface area contributed by atoms with Gasteiger partial charge in [-0.1, -0.05) is 23.2 Å². The first-order valence-electron chi connectivity index (χ1n) is 9.54. The minimum Gasteiger partial charge on any atom is -0.487 e. The van der Waals surface area contributed by atoms with Crippen LogP contribution in [0.5, 0.6) is 5.75 Å². The van der Waals surface area contributed by atoms with Crippen LogP contribution in [0.25, 0.3) is 6.08 Å². The molecular formula is C23H12Cl2I2N2O5. The maximum atomic E-state index is 12.3. The van der Waals surface area contributed by atoms with Crippen molar-refractivity contribution in [1.29, 1.82) is 0 Å². The highest BCUT2D eigenvalue weighted by Crippen LogP contribution is 2.32. The second-order valence-electron chi connectivity index (χ2n) is 6.99. The molecule has 0 fully saturated rings. The number of nitrogens with zero attached hydrogens (tertiary/aromatic N) is 2. The molecule has 4 rings (SSSR count). The molecule has 0 amide bonds. The van der Waals surface area contributed by atoms with Gasteiger partial charge in [0.05, 0.1) is 22.1 Å². The summed E-state index contributed by atoms with van der Waals surface area (Å²) >= 11 is 16.3. The SMILES string of the molecule is O=C1OC(c2ccc(Cl)c(Cl)c2)=N/C1=C\c1cc(I)c(OCc2ccc([N+](=O)[O-])cc2)c(I)c1. The Balaban J connectivity index is 1.53. The summed E-state index contributed by atoms with van der Waals surface area (Å²) in [6.07, 6.45) is 1.64. The summed E-state index contributed by atoms with van der Waals surface area (Å²) in [5.74, 6) is 0.266. The fraction of sp³-hybridized carbons (Fsp3) is 0.0435.